The predicted molar refractivity (Wildman–Crippen MR) is 168 cm³/mol. The number of benzene rings is 2. The van der Waals surface area contributed by atoms with Crippen molar-refractivity contribution in [1.82, 2.24) is 9.47 Å². The van der Waals surface area contributed by atoms with Gasteiger partial charge in [-0.25, -0.2) is 9.79 Å². The molecule has 5 rings (SSSR count). The highest BCUT2D eigenvalue weighted by Gasteiger charge is 2.33. The average molecular weight is 588 g/mol. The van der Waals surface area contributed by atoms with Gasteiger partial charge < -0.3 is 24.0 Å². The van der Waals surface area contributed by atoms with Crippen LogP contribution < -0.4 is 4.74 Å². The van der Waals surface area contributed by atoms with Gasteiger partial charge >= 0.3 is 5.97 Å². The fourth-order valence-corrected chi connectivity index (χ4v) is 6.43. The summed E-state index contributed by atoms with van der Waals surface area (Å²) in [5.74, 6) is 0.653. The standard InChI is InChI=1S/C33H37N3O5S/c1-5-22-8-7-9-26-23(19-36(30(22)26)20-28(37)35-16-14-21(3)15-17-35)18-27-31(38)29(33(39)41-6-2)32(42-27)34-24-10-12-25(40-4)13-11-24/h7-13,18-19,21,38H,5-6,14-17,20H2,1-4H3/b27-18-,34-32?. The van der Waals surface area contributed by atoms with Gasteiger partial charge in [-0.1, -0.05) is 43.8 Å². The molecule has 0 aliphatic carbocycles. The number of carbonyl (C=O) groups excluding carboxylic acids is 2. The third kappa shape index (κ3) is 6.11. The number of fused-ring (bicyclic) bond motifs is 1. The lowest BCUT2D eigenvalue weighted by atomic mass is 9.99. The minimum Gasteiger partial charge on any atom is -0.506 e. The van der Waals surface area contributed by atoms with Crippen molar-refractivity contribution in [3.8, 4) is 5.75 Å². The molecule has 0 saturated carbocycles. The van der Waals surface area contributed by atoms with Crippen molar-refractivity contribution in [1.29, 1.82) is 0 Å². The molecule has 220 valence electrons. The summed E-state index contributed by atoms with van der Waals surface area (Å²) in [4.78, 5) is 33.4. The number of aliphatic hydroxyl groups excluding tert-OH is 1. The molecule has 1 fully saturated rings. The number of para-hydroxylation sites is 1. The first kappa shape index (κ1) is 29.5. The minimum absolute atomic E-state index is 0.0383. The van der Waals surface area contributed by atoms with Crippen LogP contribution in [0.3, 0.4) is 0 Å². The number of aliphatic hydroxyl groups is 1. The Kier molecular flexibility index (Phi) is 9.06. The molecule has 3 aromatic rings. The van der Waals surface area contributed by atoms with E-state index in [0.717, 1.165) is 54.4 Å². The summed E-state index contributed by atoms with van der Waals surface area (Å²) in [7, 11) is 1.59. The van der Waals surface area contributed by atoms with E-state index in [4.69, 9.17) is 9.47 Å². The normalized spacial score (nSPS) is 18.0. The first-order valence-corrected chi connectivity index (χ1v) is 15.3. The molecule has 1 saturated heterocycles. The summed E-state index contributed by atoms with van der Waals surface area (Å²) in [6.45, 7) is 8.07. The number of carbonyl (C=O) groups is 2. The highest BCUT2D eigenvalue weighted by Crippen LogP contribution is 2.41. The van der Waals surface area contributed by atoms with Crippen LogP contribution in [0.5, 0.6) is 5.75 Å². The Hall–Kier alpha value is -3.98. The number of ether oxygens (including phenoxy) is 2. The van der Waals surface area contributed by atoms with Crippen LogP contribution in [0.1, 0.15) is 44.7 Å². The molecule has 1 amide bonds. The van der Waals surface area contributed by atoms with E-state index in [1.54, 1.807) is 38.3 Å². The second kappa shape index (κ2) is 12.9. The van der Waals surface area contributed by atoms with E-state index in [-0.39, 0.29) is 30.4 Å². The second-order valence-corrected chi connectivity index (χ2v) is 11.6. The Balaban J connectivity index is 1.54. The number of likely N-dealkylation sites (tertiary alicyclic amines) is 1. The lowest BCUT2D eigenvalue weighted by Crippen LogP contribution is -2.39. The summed E-state index contributed by atoms with van der Waals surface area (Å²) in [5.41, 5.74) is 3.66. The Morgan fingerprint density at radius 3 is 2.52 bits per heavy atom. The molecule has 3 heterocycles. The van der Waals surface area contributed by atoms with E-state index >= 15 is 0 Å². The molecule has 2 aliphatic rings. The Bertz CT molecular complexity index is 1580. The summed E-state index contributed by atoms with van der Waals surface area (Å²) in [5, 5.41) is 12.6. The van der Waals surface area contributed by atoms with E-state index in [1.807, 2.05) is 33.9 Å². The van der Waals surface area contributed by atoms with E-state index in [9.17, 15) is 14.7 Å². The van der Waals surface area contributed by atoms with Gasteiger partial charge in [0.2, 0.25) is 5.91 Å². The monoisotopic (exact) mass is 587 g/mol. The van der Waals surface area contributed by atoms with Crippen LogP contribution >= 0.6 is 11.8 Å². The molecule has 42 heavy (non-hydrogen) atoms. The third-order valence-corrected chi connectivity index (χ3v) is 8.82. The van der Waals surface area contributed by atoms with Gasteiger partial charge in [-0.05, 0) is 68.0 Å². The number of rotatable bonds is 8. The van der Waals surface area contributed by atoms with Gasteiger partial charge in [-0.2, -0.15) is 0 Å². The van der Waals surface area contributed by atoms with Crippen molar-refractivity contribution in [2.24, 2.45) is 10.9 Å². The molecular weight excluding hydrogens is 550 g/mol. The number of piperidine rings is 1. The number of esters is 1. The second-order valence-electron chi connectivity index (χ2n) is 10.6. The largest absolute Gasteiger partial charge is 0.506 e. The maximum absolute atomic E-state index is 13.3. The minimum atomic E-state index is -0.629. The SMILES string of the molecule is CCOC(=O)C1=C(O)/C(=C/c2cn(CC(=O)N3CCC(C)CC3)c3c(CC)cccc23)SC1=Nc1ccc(OC)cc1. The molecule has 2 aliphatic heterocycles. The van der Waals surface area contributed by atoms with Gasteiger partial charge in [0.05, 0.1) is 29.8 Å². The van der Waals surface area contributed by atoms with Gasteiger partial charge in [0.1, 0.15) is 28.7 Å². The van der Waals surface area contributed by atoms with Crippen LogP contribution in [0.25, 0.3) is 17.0 Å². The molecule has 2 aromatic carbocycles. The van der Waals surface area contributed by atoms with Crippen LogP contribution in [-0.2, 0) is 27.3 Å². The molecule has 0 atom stereocenters. The Morgan fingerprint density at radius 1 is 1.12 bits per heavy atom. The van der Waals surface area contributed by atoms with E-state index in [0.29, 0.717) is 27.3 Å². The number of hydrogen-bond acceptors (Lipinski definition) is 7. The number of amides is 1. The van der Waals surface area contributed by atoms with Crippen molar-refractivity contribution >= 4 is 51.3 Å². The molecule has 0 bridgehead atoms. The van der Waals surface area contributed by atoms with Crippen LogP contribution in [0, 0.1) is 5.92 Å². The average Bonchev–Trinajstić information content (AvgIpc) is 3.50. The molecule has 0 radical (unpaired) electrons. The van der Waals surface area contributed by atoms with Crippen LogP contribution in [0.2, 0.25) is 0 Å². The van der Waals surface area contributed by atoms with Crippen LogP contribution in [0.4, 0.5) is 5.69 Å². The summed E-state index contributed by atoms with van der Waals surface area (Å²) < 4.78 is 12.5. The van der Waals surface area contributed by atoms with Gasteiger partial charge in [0.25, 0.3) is 0 Å². The lowest BCUT2D eigenvalue weighted by Gasteiger charge is -2.30. The molecule has 0 unspecified atom stereocenters. The fourth-order valence-electron chi connectivity index (χ4n) is 5.40. The van der Waals surface area contributed by atoms with Crippen molar-refractivity contribution in [2.75, 3.05) is 26.8 Å². The highest BCUT2D eigenvalue weighted by molar-refractivity contribution is 8.18. The van der Waals surface area contributed by atoms with Crippen LogP contribution in [-0.4, -0.2) is 58.3 Å². The number of hydrogen-bond donors (Lipinski definition) is 1. The predicted octanol–water partition coefficient (Wildman–Crippen LogP) is 6.66. The number of thioether (sulfide) groups is 1. The highest BCUT2D eigenvalue weighted by atomic mass is 32.2. The number of aliphatic imine (C=N–C) groups is 1. The molecular formula is C33H37N3O5S. The maximum atomic E-state index is 13.3. The lowest BCUT2D eigenvalue weighted by molar-refractivity contribution is -0.138. The maximum Gasteiger partial charge on any atom is 0.344 e. The Labute approximate surface area is 250 Å². The zero-order valence-corrected chi connectivity index (χ0v) is 25.4. The molecule has 1 N–H and O–H groups in total. The zero-order valence-electron chi connectivity index (χ0n) is 24.6. The van der Waals surface area contributed by atoms with Crippen molar-refractivity contribution in [2.45, 2.75) is 46.6 Å². The molecule has 8 nitrogen and oxygen atoms in total. The number of aromatic nitrogens is 1. The van der Waals surface area contributed by atoms with Gasteiger partial charge in [-0.15, -0.1) is 0 Å². The van der Waals surface area contributed by atoms with Crippen molar-refractivity contribution < 1.29 is 24.2 Å². The molecule has 0 spiro atoms. The fraction of sp³-hybridized carbons (Fsp3) is 0.364. The first-order valence-electron chi connectivity index (χ1n) is 14.4. The zero-order chi connectivity index (χ0) is 29.8. The van der Waals surface area contributed by atoms with E-state index < -0.39 is 5.97 Å². The van der Waals surface area contributed by atoms with Gasteiger partial charge in [0.15, 0.2) is 0 Å². The Morgan fingerprint density at radius 2 is 1.86 bits per heavy atom. The summed E-state index contributed by atoms with van der Waals surface area (Å²) in [6.07, 6.45) is 6.71. The molecule has 1 aromatic heterocycles. The summed E-state index contributed by atoms with van der Waals surface area (Å²) >= 11 is 1.22. The van der Waals surface area contributed by atoms with Gasteiger partial charge in [0, 0.05) is 30.2 Å². The number of methoxy groups -OCH3 is 1. The van der Waals surface area contributed by atoms with Gasteiger partial charge in [-0.3, -0.25) is 4.79 Å². The van der Waals surface area contributed by atoms with E-state index in [2.05, 4.69) is 24.9 Å². The number of aryl methyl sites for hydroxylation is 1. The van der Waals surface area contributed by atoms with Crippen LogP contribution in [0.15, 0.2) is 69.9 Å². The quantitative estimate of drug-likeness (QED) is 0.296. The number of nitrogens with zero attached hydrogens (tertiary/aromatic N) is 3. The van der Waals surface area contributed by atoms with Crippen molar-refractivity contribution in [3.63, 3.8) is 0 Å². The van der Waals surface area contributed by atoms with Crippen molar-refractivity contribution in [3.05, 3.63) is 76.0 Å². The first-order chi connectivity index (χ1) is 20.3. The summed E-state index contributed by atoms with van der Waals surface area (Å²) in [6, 6.07) is 13.3. The third-order valence-electron chi connectivity index (χ3n) is 7.80. The topological polar surface area (TPSA) is 93.4 Å². The van der Waals surface area contributed by atoms with E-state index in [1.165, 1.54) is 11.8 Å². The smallest absolute Gasteiger partial charge is 0.344 e. The molecule has 9 heteroatoms.